The number of anilines is 3. The molecule has 6 nitrogen and oxygen atoms in total. The first-order valence-corrected chi connectivity index (χ1v) is 12.6. The SMILES string of the molecule is CCN(CC)c1ccc(NS(=O)(=O)c2ccc3c(c2)C[C@@H](C)N3C(=O)C2CC2)c(C)c1. The van der Waals surface area contributed by atoms with Gasteiger partial charge in [0, 0.05) is 36.4 Å². The van der Waals surface area contributed by atoms with E-state index in [4.69, 9.17) is 0 Å². The number of nitrogens with zero attached hydrogens (tertiary/aromatic N) is 2. The van der Waals surface area contributed by atoms with Crippen molar-refractivity contribution in [3.63, 3.8) is 0 Å². The van der Waals surface area contributed by atoms with E-state index in [0.717, 1.165) is 48.4 Å². The largest absolute Gasteiger partial charge is 0.372 e. The summed E-state index contributed by atoms with van der Waals surface area (Å²) >= 11 is 0. The van der Waals surface area contributed by atoms with Crippen LogP contribution < -0.4 is 14.5 Å². The number of amides is 1. The summed E-state index contributed by atoms with van der Waals surface area (Å²) in [5.41, 5.74) is 4.30. The normalized spacial score (nSPS) is 18.1. The molecule has 4 rings (SSSR count). The van der Waals surface area contributed by atoms with Gasteiger partial charge in [0.25, 0.3) is 10.0 Å². The van der Waals surface area contributed by atoms with Gasteiger partial charge in [-0.05, 0) is 94.5 Å². The molecule has 0 saturated heterocycles. The fraction of sp³-hybridized carbons (Fsp3) is 0.458. The summed E-state index contributed by atoms with van der Waals surface area (Å²) in [6.45, 7) is 9.93. The van der Waals surface area contributed by atoms with Crippen LogP contribution in [0.5, 0.6) is 0 Å². The minimum Gasteiger partial charge on any atom is -0.372 e. The molecule has 0 aromatic heterocycles. The van der Waals surface area contributed by atoms with Crippen LogP contribution in [-0.2, 0) is 21.2 Å². The van der Waals surface area contributed by atoms with Gasteiger partial charge in [-0.3, -0.25) is 9.52 Å². The summed E-state index contributed by atoms with van der Waals surface area (Å²) < 4.78 is 28.9. The highest BCUT2D eigenvalue weighted by atomic mass is 32.2. The van der Waals surface area contributed by atoms with Crippen molar-refractivity contribution in [3.8, 4) is 0 Å². The lowest BCUT2D eigenvalue weighted by atomic mass is 10.1. The number of carbonyl (C=O) groups excluding carboxylic acids is 1. The molecule has 7 heteroatoms. The summed E-state index contributed by atoms with van der Waals surface area (Å²) in [5.74, 6) is 0.310. The van der Waals surface area contributed by atoms with Crippen LogP contribution >= 0.6 is 0 Å². The Morgan fingerprint density at radius 2 is 1.84 bits per heavy atom. The van der Waals surface area contributed by atoms with Gasteiger partial charge in [-0.15, -0.1) is 0 Å². The van der Waals surface area contributed by atoms with Crippen molar-refractivity contribution in [1.82, 2.24) is 0 Å². The zero-order chi connectivity index (χ0) is 22.3. The number of hydrogen-bond donors (Lipinski definition) is 1. The predicted molar refractivity (Wildman–Crippen MR) is 125 cm³/mol. The Morgan fingerprint density at radius 3 is 2.45 bits per heavy atom. The van der Waals surface area contributed by atoms with Crippen LogP contribution in [0, 0.1) is 12.8 Å². The van der Waals surface area contributed by atoms with Gasteiger partial charge in [0.15, 0.2) is 0 Å². The third-order valence-corrected chi connectivity index (χ3v) is 7.69. The molecule has 31 heavy (non-hydrogen) atoms. The van der Waals surface area contributed by atoms with Crippen molar-refractivity contribution < 1.29 is 13.2 Å². The molecule has 1 N–H and O–H groups in total. The Morgan fingerprint density at radius 1 is 1.13 bits per heavy atom. The van der Waals surface area contributed by atoms with Crippen molar-refractivity contribution in [2.24, 2.45) is 5.92 Å². The van der Waals surface area contributed by atoms with E-state index in [1.807, 2.05) is 36.9 Å². The molecule has 0 radical (unpaired) electrons. The monoisotopic (exact) mass is 441 g/mol. The minimum absolute atomic E-state index is 0.0591. The third-order valence-electron chi connectivity index (χ3n) is 6.32. The molecular weight excluding hydrogens is 410 g/mol. The lowest BCUT2D eigenvalue weighted by Crippen LogP contribution is -2.36. The highest BCUT2D eigenvalue weighted by Crippen LogP contribution is 2.39. The summed E-state index contributed by atoms with van der Waals surface area (Å²) in [6, 6.07) is 10.9. The van der Waals surface area contributed by atoms with Crippen molar-refractivity contribution >= 4 is 33.0 Å². The Balaban J connectivity index is 1.58. The maximum absolute atomic E-state index is 13.1. The van der Waals surface area contributed by atoms with Gasteiger partial charge in [-0.25, -0.2) is 8.42 Å². The fourth-order valence-corrected chi connectivity index (χ4v) is 5.57. The first-order chi connectivity index (χ1) is 14.7. The van der Waals surface area contributed by atoms with Crippen molar-refractivity contribution in [2.75, 3.05) is 27.6 Å². The molecule has 1 heterocycles. The quantitative estimate of drug-likeness (QED) is 0.694. The van der Waals surface area contributed by atoms with Crippen LogP contribution in [-0.4, -0.2) is 33.5 Å². The van der Waals surface area contributed by atoms with E-state index in [-0.39, 0.29) is 22.8 Å². The van der Waals surface area contributed by atoms with Gasteiger partial charge >= 0.3 is 0 Å². The fourth-order valence-electron chi connectivity index (χ4n) is 4.39. The van der Waals surface area contributed by atoms with Gasteiger partial charge in [0.2, 0.25) is 5.91 Å². The topological polar surface area (TPSA) is 69.7 Å². The Hall–Kier alpha value is -2.54. The van der Waals surface area contributed by atoms with E-state index in [1.54, 1.807) is 18.2 Å². The molecule has 1 atom stereocenters. The van der Waals surface area contributed by atoms with Gasteiger partial charge in [-0.2, -0.15) is 0 Å². The summed E-state index contributed by atoms with van der Waals surface area (Å²) in [4.78, 5) is 17.0. The molecule has 0 spiro atoms. The summed E-state index contributed by atoms with van der Waals surface area (Å²) in [6.07, 6.45) is 2.59. The number of carbonyl (C=O) groups is 1. The van der Waals surface area contributed by atoms with Crippen molar-refractivity contribution in [2.45, 2.75) is 57.9 Å². The Kier molecular flexibility index (Phi) is 5.73. The molecule has 1 saturated carbocycles. The lowest BCUT2D eigenvalue weighted by Gasteiger charge is -2.23. The van der Waals surface area contributed by atoms with E-state index in [9.17, 15) is 13.2 Å². The van der Waals surface area contributed by atoms with Crippen LogP contribution in [0.4, 0.5) is 17.1 Å². The molecule has 0 unspecified atom stereocenters. The molecule has 2 aliphatic rings. The molecule has 1 fully saturated rings. The number of aryl methyl sites for hydroxylation is 1. The third kappa shape index (κ3) is 4.15. The van der Waals surface area contributed by atoms with Crippen molar-refractivity contribution in [3.05, 3.63) is 47.5 Å². The summed E-state index contributed by atoms with van der Waals surface area (Å²) in [5, 5.41) is 0. The molecule has 2 aromatic carbocycles. The highest BCUT2D eigenvalue weighted by molar-refractivity contribution is 7.92. The molecule has 2 aromatic rings. The standard InChI is InChI=1S/C24H31N3O3S/c1-5-26(6-2)20-9-11-22(16(3)13-20)25-31(29,30)21-10-12-23-19(15-21)14-17(4)27(23)24(28)18-7-8-18/h9-13,15,17-18,25H,5-8,14H2,1-4H3/t17-/m1/s1. The Labute approximate surface area is 185 Å². The number of benzene rings is 2. The summed E-state index contributed by atoms with van der Waals surface area (Å²) in [7, 11) is -3.73. The molecule has 1 aliphatic carbocycles. The zero-order valence-corrected chi connectivity index (χ0v) is 19.5. The molecular formula is C24H31N3O3S. The van der Waals surface area contributed by atoms with E-state index >= 15 is 0 Å². The molecule has 0 bridgehead atoms. The molecule has 166 valence electrons. The number of rotatable bonds is 7. The van der Waals surface area contributed by atoms with Crippen LogP contribution in [0.1, 0.15) is 44.7 Å². The predicted octanol–water partition coefficient (Wildman–Crippen LogP) is 4.33. The Bertz CT molecular complexity index is 1110. The van der Waals surface area contributed by atoms with E-state index < -0.39 is 10.0 Å². The second-order valence-corrected chi connectivity index (χ2v) is 10.3. The zero-order valence-electron chi connectivity index (χ0n) is 18.7. The first kappa shape index (κ1) is 21.7. The lowest BCUT2D eigenvalue weighted by molar-refractivity contribution is -0.120. The second kappa shape index (κ2) is 8.19. The number of nitrogens with one attached hydrogen (secondary N) is 1. The first-order valence-electron chi connectivity index (χ1n) is 11.1. The second-order valence-electron chi connectivity index (χ2n) is 8.60. The van der Waals surface area contributed by atoms with Gasteiger partial charge in [-0.1, -0.05) is 0 Å². The number of hydrogen-bond acceptors (Lipinski definition) is 4. The van der Waals surface area contributed by atoms with Crippen LogP contribution in [0.3, 0.4) is 0 Å². The van der Waals surface area contributed by atoms with Crippen LogP contribution in [0.2, 0.25) is 0 Å². The average Bonchev–Trinajstić information content (AvgIpc) is 3.52. The van der Waals surface area contributed by atoms with Gasteiger partial charge < -0.3 is 9.80 Å². The van der Waals surface area contributed by atoms with Gasteiger partial charge in [0.05, 0.1) is 10.6 Å². The van der Waals surface area contributed by atoms with E-state index in [2.05, 4.69) is 23.5 Å². The molecule has 1 amide bonds. The molecule has 1 aliphatic heterocycles. The highest BCUT2D eigenvalue weighted by Gasteiger charge is 2.39. The number of sulfonamides is 1. The number of fused-ring (bicyclic) bond motifs is 1. The van der Waals surface area contributed by atoms with E-state index in [1.165, 1.54) is 0 Å². The van der Waals surface area contributed by atoms with Crippen molar-refractivity contribution in [1.29, 1.82) is 0 Å². The van der Waals surface area contributed by atoms with Gasteiger partial charge in [0.1, 0.15) is 0 Å². The minimum atomic E-state index is -3.73. The maximum atomic E-state index is 13.1. The van der Waals surface area contributed by atoms with E-state index in [0.29, 0.717) is 12.1 Å². The van der Waals surface area contributed by atoms with Crippen LogP contribution in [0.25, 0.3) is 0 Å². The van der Waals surface area contributed by atoms with Crippen LogP contribution in [0.15, 0.2) is 41.3 Å². The maximum Gasteiger partial charge on any atom is 0.261 e. The smallest absolute Gasteiger partial charge is 0.261 e. The average molecular weight is 442 g/mol.